The molecule has 0 aliphatic heterocycles. The Bertz CT molecular complexity index is 1100. The van der Waals surface area contributed by atoms with Gasteiger partial charge < -0.3 is 30.0 Å². The highest BCUT2D eigenvalue weighted by Gasteiger charge is 2.21. The van der Waals surface area contributed by atoms with Crippen molar-refractivity contribution in [1.29, 1.82) is 0 Å². The fourth-order valence-corrected chi connectivity index (χ4v) is 2.66. The number of nitro groups is 1. The first-order valence-corrected chi connectivity index (χ1v) is 10.4. The maximum absolute atomic E-state index is 12.1. The minimum Gasteiger partial charge on any atom is -0.480 e. The van der Waals surface area contributed by atoms with Crippen molar-refractivity contribution < 1.29 is 43.4 Å². The molecule has 0 spiro atoms. The molecule has 2 rings (SSSR count). The van der Waals surface area contributed by atoms with E-state index in [-0.39, 0.29) is 37.5 Å². The highest BCUT2D eigenvalue weighted by atomic mass is 16.7. The highest BCUT2D eigenvalue weighted by molar-refractivity contribution is 5.91. The van der Waals surface area contributed by atoms with Gasteiger partial charge in [-0.15, -0.1) is 0 Å². The maximum atomic E-state index is 12.1. The molecule has 2 aromatic carbocycles. The van der Waals surface area contributed by atoms with E-state index in [2.05, 4.69) is 21.9 Å². The van der Waals surface area contributed by atoms with Crippen LogP contribution >= 0.6 is 0 Å². The number of nitrogens with zero attached hydrogens (tertiary/aromatic N) is 1. The molecule has 0 saturated carbocycles. The zero-order chi connectivity index (χ0) is 26.5. The molecule has 0 radical (unpaired) electrons. The van der Waals surface area contributed by atoms with Crippen molar-refractivity contribution in [2.24, 2.45) is 0 Å². The van der Waals surface area contributed by atoms with Crippen LogP contribution in [0.3, 0.4) is 0 Å². The normalized spacial score (nSPS) is 10.9. The van der Waals surface area contributed by atoms with Gasteiger partial charge >= 0.3 is 18.2 Å². The lowest BCUT2D eigenvalue weighted by atomic mass is 10.1. The molecule has 0 aliphatic carbocycles. The van der Waals surface area contributed by atoms with Crippen LogP contribution in [0.4, 0.5) is 21.0 Å². The molecular weight excluding hydrogens is 478 g/mol. The van der Waals surface area contributed by atoms with Crippen molar-refractivity contribution in [2.75, 3.05) is 11.9 Å². The molecule has 0 aliphatic rings. The molecule has 1 atom stereocenters. The topological polar surface area (TPSA) is 183 Å². The van der Waals surface area contributed by atoms with Gasteiger partial charge in [-0.05, 0) is 36.2 Å². The third-order valence-electron chi connectivity index (χ3n) is 4.43. The van der Waals surface area contributed by atoms with E-state index in [9.17, 15) is 34.4 Å². The van der Waals surface area contributed by atoms with Crippen LogP contribution in [0.1, 0.15) is 18.4 Å². The van der Waals surface area contributed by atoms with E-state index >= 15 is 0 Å². The number of rotatable bonds is 12. The van der Waals surface area contributed by atoms with Gasteiger partial charge in [-0.2, -0.15) is 0 Å². The van der Waals surface area contributed by atoms with Gasteiger partial charge in [0.05, 0.1) is 4.92 Å². The minimum atomic E-state index is -1.31. The Morgan fingerprint density at radius 3 is 2.31 bits per heavy atom. The molecule has 2 aromatic rings. The zero-order valence-electron chi connectivity index (χ0n) is 18.9. The Morgan fingerprint density at radius 2 is 1.72 bits per heavy atom. The lowest BCUT2D eigenvalue weighted by Gasteiger charge is -2.14. The Balaban J connectivity index is 1.77. The van der Waals surface area contributed by atoms with E-state index in [0.29, 0.717) is 11.3 Å². The molecule has 0 aromatic heterocycles. The summed E-state index contributed by atoms with van der Waals surface area (Å²) in [5, 5.41) is 24.6. The zero-order valence-corrected chi connectivity index (χ0v) is 18.9. The predicted molar refractivity (Wildman–Crippen MR) is 124 cm³/mol. The lowest BCUT2D eigenvalue weighted by molar-refractivity contribution is -0.384. The second-order valence-electron chi connectivity index (χ2n) is 7.10. The Hall–Kier alpha value is -4.94. The van der Waals surface area contributed by atoms with Gasteiger partial charge in [0.15, 0.2) is 0 Å². The predicted octanol–water partition coefficient (Wildman–Crippen LogP) is 3.39. The number of carboxylic acids is 1. The third kappa shape index (κ3) is 9.51. The number of anilines is 1. The molecule has 0 unspecified atom stereocenters. The summed E-state index contributed by atoms with van der Waals surface area (Å²) in [7, 11) is 0. The number of nitro benzene ring substituents is 1. The smallest absolute Gasteiger partial charge is 0.480 e. The number of nitrogens with one attached hydrogen (secondary N) is 2. The Morgan fingerprint density at radius 1 is 1.06 bits per heavy atom. The van der Waals surface area contributed by atoms with E-state index < -0.39 is 35.1 Å². The number of amides is 2. The van der Waals surface area contributed by atoms with Gasteiger partial charge in [0, 0.05) is 24.2 Å². The van der Waals surface area contributed by atoms with Crippen LogP contribution in [0.2, 0.25) is 0 Å². The number of hydrogen-bond acceptors (Lipinski definition) is 9. The van der Waals surface area contributed by atoms with E-state index in [4.69, 9.17) is 9.47 Å². The van der Waals surface area contributed by atoms with E-state index in [1.165, 1.54) is 30.3 Å². The van der Waals surface area contributed by atoms with E-state index in [0.717, 1.165) is 0 Å². The number of carboxylic acid groups (broad SMARTS) is 1. The molecule has 0 fully saturated rings. The number of carbonyl (C=O) groups excluding carboxylic acids is 3. The Kier molecular flexibility index (Phi) is 10.4. The second-order valence-corrected chi connectivity index (χ2v) is 7.10. The fourth-order valence-electron chi connectivity index (χ4n) is 2.66. The SMILES string of the molecule is C=CCOC(=O)N[C@@H](CCC(=O)Nc1ccc(COC(=O)Oc2ccc([N+](=O)[O-])cc2)cc1)C(=O)O. The number of benzene rings is 2. The summed E-state index contributed by atoms with van der Waals surface area (Å²) in [4.78, 5) is 56.8. The largest absolute Gasteiger partial charge is 0.514 e. The van der Waals surface area contributed by atoms with Gasteiger partial charge in [0.2, 0.25) is 5.91 Å². The van der Waals surface area contributed by atoms with Crippen molar-refractivity contribution in [3.05, 3.63) is 76.9 Å². The molecule has 0 heterocycles. The van der Waals surface area contributed by atoms with Crippen LogP contribution < -0.4 is 15.4 Å². The van der Waals surface area contributed by atoms with E-state index in [1.54, 1.807) is 24.3 Å². The Labute approximate surface area is 204 Å². The highest BCUT2D eigenvalue weighted by Crippen LogP contribution is 2.18. The van der Waals surface area contributed by atoms with Gasteiger partial charge in [0.25, 0.3) is 5.69 Å². The first-order valence-electron chi connectivity index (χ1n) is 10.4. The first-order chi connectivity index (χ1) is 17.2. The van der Waals surface area contributed by atoms with Crippen LogP contribution in [0.25, 0.3) is 0 Å². The number of aliphatic carboxylic acids is 1. The van der Waals surface area contributed by atoms with Crippen molar-refractivity contribution >= 4 is 35.5 Å². The summed E-state index contributed by atoms with van der Waals surface area (Å²) in [6.07, 6.45) is -0.952. The van der Waals surface area contributed by atoms with Crippen molar-refractivity contribution in [1.82, 2.24) is 5.32 Å². The van der Waals surface area contributed by atoms with Crippen molar-refractivity contribution in [2.45, 2.75) is 25.5 Å². The summed E-state index contributed by atoms with van der Waals surface area (Å²) in [6.45, 7) is 3.16. The third-order valence-corrected chi connectivity index (χ3v) is 4.43. The molecule has 2 amide bonds. The molecular formula is C23H23N3O10. The summed E-state index contributed by atoms with van der Waals surface area (Å²) >= 11 is 0. The molecule has 3 N–H and O–H groups in total. The summed E-state index contributed by atoms with van der Waals surface area (Å²) in [5.74, 6) is -1.70. The standard InChI is InChI=1S/C23H23N3O10/c1-2-13-34-22(30)25-19(21(28)29)11-12-20(27)24-16-5-3-15(4-6-16)14-35-23(31)36-18-9-7-17(8-10-18)26(32)33/h2-10,19H,1,11-14H2,(H,24,27)(H,25,30)(H,28,29)/t19-/m0/s1. The van der Waals surface area contributed by atoms with Crippen molar-refractivity contribution in [3.63, 3.8) is 0 Å². The summed E-state index contributed by atoms with van der Waals surface area (Å²) in [5.41, 5.74) is 0.856. The average Bonchev–Trinajstić information content (AvgIpc) is 2.85. The maximum Gasteiger partial charge on any atom is 0.514 e. The fraction of sp³-hybridized carbons (Fsp3) is 0.217. The molecule has 190 valence electrons. The molecule has 13 nitrogen and oxygen atoms in total. The number of carbonyl (C=O) groups is 4. The number of hydrogen-bond donors (Lipinski definition) is 3. The molecule has 0 bridgehead atoms. The summed E-state index contributed by atoms with van der Waals surface area (Å²) < 4.78 is 14.6. The van der Waals surface area contributed by atoms with E-state index in [1.807, 2.05) is 0 Å². The molecule has 0 saturated heterocycles. The monoisotopic (exact) mass is 501 g/mol. The number of non-ortho nitro benzene ring substituents is 1. The van der Waals surface area contributed by atoms with Gasteiger partial charge in [-0.1, -0.05) is 24.8 Å². The van der Waals surface area contributed by atoms with Crippen LogP contribution in [-0.4, -0.2) is 46.8 Å². The number of ether oxygens (including phenoxy) is 3. The lowest BCUT2D eigenvalue weighted by Crippen LogP contribution is -2.41. The van der Waals surface area contributed by atoms with Gasteiger partial charge in [-0.3, -0.25) is 14.9 Å². The van der Waals surface area contributed by atoms with Crippen molar-refractivity contribution in [3.8, 4) is 5.75 Å². The van der Waals surface area contributed by atoms with Crippen LogP contribution in [0, 0.1) is 10.1 Å². The van der Waals surface area contributed by atoms with Crippen LogP contribution in [-0.2, 0) is 25.7 Å². The van der Waals surface area contributed by atoms with Gasteiger partial charge in [0.1, 0.15) is 25.0 Å². The molecule has 13 heteroatoms. The second kappa shape index (κ2) is 13.7. The molecule has 36 heavy (non-hydrogen) atoms. The van der Waals surface area contributed by atoms with Gasteiger partial charge in [-0.25, -0.2) is 14.4 Å². The minimum absolute atomic E-state index is 0.0812. The van der Waals surface area contributed by atoms with Crippen LogP contribution in [0.5, 0.6) is 5.75 Å². The average molecular weight is 501 g/mol. The quantitative estimate of drug-likeness (QED) is 0.128. The summed E-state index contributed by atoms with van der Waals surface area (Å²) in [6, 6.07) is 9.88. The van der Waals surface area contributed by atoms with Crippen LogP contribution in [0.15, 0.2) is 61.2 Å². The number of alkyl carbamates (subject to hydrolysis) is 1. The first kappa shape index (κ1) is 27.3.